The van der Waals surface area contributed by atoms with Crippen molar-refractivity contribution in [1.29, 1.82) is 5.26 Å². The van der Waals surface area contributed by atoms with Crippen LogP contribution in [0.4, 0.5) is 5.69 Å². The van der Waals surface area contributed by atoms with Crippen LogP contribution in [0.25, 0.3) is 0 Å². The van der Waals surface area contributed by atoms with Gasteiger partial charge in [0.1, 0.15) is 6.07 Å². The molecule has 130 valence electrons. The molecule has 0 spiro atoms. The lowest BCUT2D eigenvalue weighted by atomic mass is 10.2. The summed E-state index contributed by atoms with van der Waals surface area (Å²) in [5, 5.41) is 19.7. The highest BCUT2D eigenvalue weighted by Crippen LogP contribution is 2.24. The van der Waals surface area contributed by atoms with Crippen LogP contribution in [-0.4, -0.2) is 21.4 Å². The number of amides is 1. The molecular formula is C19H16N4O2S. The van der Waals surface area contributed by atoms with E-state index in [1.54, 1.807) is 31.2 Å². The van der Waals surface area contributed by atoms with Crippen molar-refractivity contribution in [1.82, 2.24) is 10.2 Å². The smallest absolute Gasteiger partial charge is 0.277 e. The van der Waals surface area contributed by atoms with Crippen molar-refractivity contribution in [3.63, 3.8) is 0 Å². The molecular weight excluding hydrogens is 348 g/mol. The molecule has 0 aliphatic rings. The highest BCUT2D eigenvalue weighted by Gasteiger charge is 2.19. The molecule has 0 saturated carbocycles. The van der Waals surface area contributed by atoms with Crippen molar-refractivity contribution >= 4 is 23.4 Å². The predicted octanol–water partition coefficient (Wildman–Crippen LogP) is 3.65. The number of anilines is 1. The molecule has 0 radical (unpaired) electrons. The Balaban J connectivity index is 1.60. The number of aromatic nitrogens is 2. The summed E-state index contributed by atoms with van der Waals surface area (Å²) in [4.78, 5) is 12.4. The first kappa shape index (κ1) is 17.7. The van der Waals surface area contributed by atoms with Crippen LogP contribution in [0.15, 0.2) is 64.2 Å². The maximum Gasteiger partial charge on any atom is 0.277 e. The molecule has 0 bridgehead atoms. The topological polar surface area (TPSA) is 91.8 Å². The number of hydrogen-bond acceptors (Lipinski definition) is 6. The van der Waals surface area contributed by atoms with Crippen molar-refractivity contribution in [3.8, 4) is 6.07 Å². The Labute approximate surface area is 155 Å². The number of carbonyl (C=O) groups excluding carboxylic acids is 1. The lowest BCUT2D eigenvalue weighted by Crippen LogP contribution is -2.22. The molecule has 0 aliphatic carbocycles. The molecule has 0 saturated heterocycles. The van der Waals surface area contributed by atoms with Gasteiger partial charge in [-0.1, -0.05) is 54.2 Å². The molecule has 2 aromatic carbocycles. The number of carbonyl (C=O) groups is 1. The summed E-state index contributed by atoms with van der Waals surface area (Å²) in [6.45, 7) is 1.75. The van der Waals surface area contributed by atoms with Gasteiger partial charge in [0.15, 0.2) is 0 Å². The second-order valence-corrected chi connectivity index (χ2v) is 6.82. The third-order valence-electron chi connectivity index (χ3n) is 3.60. The van der Waals surface area contributed by atoms with Crippen LogP contribution in [-0.2, 0) is 11.2 Å². The van der Waals surface area contributed by atoms with Crippen LogP contribution in [0, 0.1) is 11.3 Å². The van der Waals surface area contributed by atoms with Crippen LogP contribution in [0.2, 0.25) is 0 Å². The van der Waals surface area contributed by atoms with Crippen LogP contribution in [0.1, 0.15) is 23.9 Å². The number of nitrogens with one attached hydrogen (secondary N) is 1. The van der Waals surface area contributed by atoms with Gasteiger partial charge in [-0.3, -0.25) is 4.79 Å². The zero-order valence-electron chi connectivity index (χ0n) is 14.0. The second kappa shape index (κ2) is 8.32. The number of nitrogens with zero attached hydrogens (tertiary/aromatic N) is 3. The molecule has 6 nitrogen and oxygen atoms in total. The SMILES string of the molecule is C[C@H](Sc1nnc(Cc2ccccc2)o1)C(=O)Nc1ccccc1C#N. The van der Waals surface area contributed by atoms with E-state index in [-0.39, 0.29) is 5.91 Å². The van der Waals surface area contributed by atoms with Crippen LogP contribution < -0.4 is 5.32 Å². The molecule has 3 aromatic rings. The Morgan fingerprint density at radius 2 is 1.92 bits per heavy atom. The summed E-state index contributed by atoms with van der Waals surface area (Å²) in [6.07, 6.45) is 0.546. The largest absolute Gasteiger partial charge is 0.416 e. The van der Waals surface area contributed by atoms with Gasteiger partial charge in [-0.05, 0) is 24.6 Å². The van der Waals surface area contributed by atoms with Gasteiger partial charge in [0.05, 0.1) is 22.9 Å². The number of hydrogen-bond donors (Lipinski definition) is 1. The Bertz CT molecular complexity index is 934. The van der Waals surface area contributed by atoms with Gasteiger partial charge >= 0.3 is 0 Å². The minimum atomic E-state index is -0.452. The van der Waals surface area contributed by atoms with Gasteiger partial charge in [-0.15, -0.1) is 10.2 Å². The molecule has 7 heteroatoms. The van der Waals surface area contributed by atoms with E-state index in [2.05, 4.69) is 21.6 Å². The Morgan fingerprint density at radius 3 is 2.69 bits per heavy atom. The van der Waals surface area contributed by atoms with E-state index >= 15 is 0 Å². The van der Waals surface area contributed by atoms with Crippen LogP contribution in [0.5, 0.6) is 0 Å². The highest BCUT2D eigenvalue weighted by molar-refractivity contribution is 8.00. The van der Waals surface area contributed by atoms with Gasteiger partial charge in [-0.25, -0.2) is 0 Å². The standard InChI is InChI=1S/C19H16N4O2S/c1-13(18(24)21-16-10-6-5-9-15(16)12-20)26-19-23-22-17(25-19)11-14-7-3-2-4-8-14/h2-10,13H,11H2,1H3,(H,21,24)/t13-/m0/s1. The lowest BCUT2D eigenvalue weighted by molar-refractivity contribution is -0.115. The molecule has 26 heavy (non-hydrogen) atoms. The van der Waals surface area contributed by atoms with Gasteiger partial charge < -0.3 is 9.73 Å². The maximum absolute atomic E-state index is 12.4. The van der Waals surface area contributed by atoms with Crippen molar-refractivity contribution < 1.29 is 9.21 Å². The van der Waals surface area contributed by atoms with Crippen molar-refractivity contribution in [2.75, 3.05) is 5.32 Å². The average molecular weight is 364 g/mol. The van der Waals surface area contributed by atoms with E-state index in [0.29, 0.717) is 28.8 Å². The van der Waals surface area contributed by atoms with E-state index in [0.717, 1.165) is 5.56 Å². The average Bonchev–Trinajstić information content (AvgIpc) is 3.09. The van der Waals surface area contributed by atoms with E-state index in [9.17, 15) is 4.79 Å². The number of nitriles is 1. The zero-order chi connectivity index (χ0) is 18.4. The third kappa shape index (κ3) is 4.49. The first-order valence-corrected chi connectivity index (χ1v) is 8.86. The lowest BCUT2D eigenvalue weighted by Gasteiger charge is -2.10. The van der Waals surface area contributed by atoms with Crippen molar-refractivity contribution in [3.05, 3.63) is 71.6 Å². The van der Waals surface area contributed by atoms with Crippen LogP contribution in [0.3, 0.4) is 0 Å². The van der Waals surface area contributed by atoms with Gasteiger partial charge in [0.25, 0.3) is 5.22 Å². The first-order chi connectivity index (χ1) is 12.7. The predicted molar refractivity (Wildman–Crippen MR) is 98.7 cm³/mol. The first-order valence-electron chi connectivity index (χ1n) is 7.98. The molecule has 1 atom stereocenters. The molecule has 0 aliphatic heterocycles. The summed E-state index contributed by atoms with van der Waals surface area (Å²) >= 11 is 1.18. The van der Waals surface area contributed by atoms with E-state index in [1.165, 1.54) is 11.8 Å². The summed E-state index contributed by atoms with van der Waals surface area (Å²) in [5.74, 6) is 0.265. The molecule has 0 unspecified atom stereocenters. The van der Waals surface area contributed by atoms with Gasteiger partial charge in [0, 0.05) is 0 Å². The monoisotopic (exact) mass is 364 g/mol. The molecule has 1 heterocycles. The molecule has 1 N–H and O–H groups in total. The number of thioether (sulfide) groups is 1. The summed E-state index contributed by atoms with van der Waals surface area (Å²) in [7, 11) is 0. The highest BCUT2D eigenvalue weighted by atomic mass is 32.2. The minimum absolute atomic E-state index is 0.236. The number of rotatable bonds is 6. The number of benzene rings is 2. The second-order valence-electron chi connectivity index (χ2n) is 5.53. The molecule has 0 fully saturated rings. The zero-order valence-corrected chi connectivity index (χ0v) is 14.9. The fourth-order valence-corrected chi connectivity index (χ4v) is 2.96. The minimum Gasteiger partial charge on any atom is -0.416 e. The maximum atomic E-state index is 12.4. The Kier molecular flexibility index (Phi) is 5.66. The number of para-hydroxylation sites is 1. The fourth-order valence-electron chi connectivity index (χ4n) is 2.26. The quantitative estimate of drug-likeness (QED) is 0.671. The molecule has 1 amide bonds. The Morgan fingerprint density at radius 1 is 1.19 bits per heavy atom. The molecule has 1 aromatic heterocycles. The van der Waals surface area contributed by atoms with E-state index < -0.39 is 5.25 Å². The van der Waals surface area contributed by atoms with Crippen molar-refractivity contribution in [2.24, 2.45) is 0 Å². The van der Waals surface area contributed by atoms with Crippen LogP contribution >= 0.6 is 11.8 Å². The molecule has 3 rings (SSSR count). The van der Waals surface area contributed by atoms with Crippen molar-refractivity contribution in [2.45, 2.75) is 23.8 Å². The third-order valence-corrected chi connectivity index (χ3v) is 4.53. The normalized spacial score (nSPS) is 11.5. The van der Waals surface area contributed by atoms with Gasteiger partial charge in [0.2, 0.25) is 11.8 Å². The van der Waals surface area contributed by atoms with E-state index in [4.69, 9.17) is 9.68 Å². The van der Waals surface area contributed by atoms with E-state index in [1.807, 2.05) is 30.3 Å². The summed E-state index contributed by atoms with van der Waals surface area (Å²) in [5.41, 5.74) is 1.98. The summed E-state index contributed by atoms with van der Waals surface area (Å²) < 4.78 is 5.61. The summed E-state index contributed by atoms with van der Waals surface area (Å²) in [6, 6.07) is 18.7. The fraction of sp³-hybridized carbons (Fsp3) is 0.158. The van der Waals surface area contributed by atoms with Gasteiger partial charge in [-0.2, -0.15) is 5.26 Å². The Hall–Kier alpha value is -3.11.